The van der Waals surface area contributed by atoms with Crippen LogP contribution in [0.25, 0.3) is 0 Å². The molecule has 136 valence electrons. The Kier molecular flexibility index (Phi) is 5.18. The minimum Gasteiger partial charge on any atom is -0.381 e. The Morgan fingerprint density at radius 3 is 2.23 bits per heavy atom. The molecule has 0 radical (unpaired) electrons. The van der Waals surface area contributed by atoms with E-state index in [-0.39, 0.29) is 11.7 Å². The minimum atomic E-state index is -0.793. The summed E-state index contributed by atoms with van der Waals surface area (Å²) in [5.41, 5.74) is 6.10. The van der Waals surface area contributed by atoms with Crippen LogP contribution in [0.1, 0.15) is 18.4 Å². The average Bonchev–Trinajstić information content (AvgIpc) is 2.62. The standard InChI is InChI=1S/C19H20FN3O3/c20-14-6-4-13(5-7-14)19(8-10-26-11-9-19)17(24)22-15-2-1-3-16(12-15)23-18(21)25/h1-7,12H,8-11H2,(H,22,24)(H3,21,23,25). The van der Waals surface area contributed by atoms with Crippen LogP contribution in [-0.2, 0) is 14.9 Å². The van der Waals surface area contributed by atoms with Crippen molar-refractivity contribution in [1.82, 2.24) is 0 Å². The molecule has 0 atom stereocenters. The highest BCUT2D eigenvalue weighted by molar-refractivity contribution is 6.00. The van der Waals surface area contributed by atoms with E-state index in [1.165, 1.54) is 12.1 Å². The van der Waals surface area contributed by atoms with Gasteiger partial charge in [0.05, 0.1) is 5.41 Å². The van der Waals surface area contributed by atoms with Crippen molar-refractivity contribution in [3.8, 4) is 0 Å². The molecule has 1 saturated heterocycles. The van der Waals surface area contributed by atoms with Gasteiger partial charge in [-0.1, -0.05) is 18.2 Å². The molecule has 2 aromatic rings. The lowest BCUT2D eigenvalue weighted by atomic mass is 9.73. The number of carbonyl (C=O) groups excluding carboxylic acids is 2. The highest BCUT2D eigenvalue weighted by Gasteiger charge is 2.41. The second-order valence-electron chi connectivity index (χ2n) is 6.23. The van der Waals surface area contributed by atoms with E-state index in [0.717, 1.165) is 5.56 Å². The van der Waals surface area contributed by atoms with Crippen LogP contribution in [-0.4, -0.2) is 25.2 Å². The number of anilines is 2. The predicted molar refractivity (Wildman–Crippen MR) is 96.4 cm³/mol. The number of amides is 3. The number of nitrogens with one attached hydrogen (secondary N) is 2. The number of carbonyl (C=O) groups is 2. The van der Waals surface area contributed by atoms with Crippen molar-refractivity contribution in [3.05, 3.63) is 59.9 Å². The molecule has 2 aromatic carbocycles. The number of hydrogen-bond acceptors (Lipinski definition) is 3. The van der Waals surface area contributed by atoms with Gasteiger partial charge in [0.15, 0.2) is 0 Å². The maximum Gasteiger partial charge on any atom is 0.316 e. The number of nitrogens with two attached hydrogens (primary N) is 1. The monoisotopic (exact) mass is 357 g/mol. The summed E-state index contributed by atoms with van der Waals surface area (Å²) >= 11 is 0. The van der Waals surface area contributed by atoms with Gasteiger partial charge in [0, 0.05) is 24.6 Å². The summed E-state index contributed by atoms with van der Waals surface area (Å²) < 4.78 is 18.7. The van der Waals surface area contributed by atoms with Gasteiger partial charge in [0.25, 0.3) is 0 Å². The van der Waals surface area contributed by atoms with Crippen LogP contribution in [0.5, 0.6) is 0 Å². The Morgan fingerprint density at radius 1 is 1.00 bits per heavy atom. The number of hydrogen-bond donors (Lipinski definition) is 3. The van der Waals surface area contributed by atoms with Gasteiger partial charge >= 0.3 is 6.03 Å². The van der Waals surface area contributed by atoms with Crippen LogP contribution in [0.3, 0.4) is 0 Å². The first kappa shape index (κ1) is 17.9. The molecule has 0 unspecified atom stereocenters. The van der Waals surface area contributed by atoms with Crippen molar-refractivity contribution in [2.45, 2.75) is 18.3 Å². The van der Waals surface area contributed by atoms with Crippen LogP contribution in [0.4, 0.5) is 20.6 Å². The molecule has 0 bridgehead atoms. The predicted octanol–water partition coefficient (Wildman–Crippen LogP) is 3.00. The fraction of sp³-hybridized carbons (Fsp3) is 0.263. The zero-order valence-corrected chi connectivity index (χ0v) is 14.1. The number of ether oxygens (including phenoxy) is 1. The van der Waals surface area contributed by atoms with E-state index in [9.17, 15) is 14.0 Å². The van der Waals surface area contributed by atoms with Crippen molar-refractivity contribution >= 4 is 23.3 Å². The number of rotatable bonds is 4. The summed E-state index contributed by atoms with van der Waals surface area (Å²) in [4.78, 5) is 24.1. The maximum absolute atomic E-state index is 13.3. The third-order valence-electron chi connectivity index (χ3n) is 4.57. The van der Waals surface area contributed by atoms with Crippen LogP contribution in [0.2, 0.25) is 0 Å². The molecule has 1 heterocycles. The van der Waals surface area contributed by atoms with Crippen molar-refractivity contribution in [1.29, 1.82) is 0 Å². The summed E-state index contributed by atoms with van der Waals surface area (Å²) in [6.07, 6.45) is 1.01. The number of benzene rings is 2. The fourth-order valence-corrected chi connectivity index (χ4v) is 3.20. The number of halogens is 1. The highest BCUT2D eigenvalue weighted by atomic mass is 19.1. The Labute approximate surface area is 150 Å². The quantitative estimate of drug-likeness (QED) is 0.785. The van der Waals surface area contributed by atoms with E-state index in [4.69, 9.17) is 10.5 Å². The zero-order valence-electron chi connectivity index (χ0n) is 14.1. The first-order chi connectivity index (χ1) is 12.5. The van der Waals surface area contributed by atoms with Crippen LogP contribution >= 0.6 is 0 Å². The minimum absolute atomic E-state index is 0.191. The van der Waals surface area contributed by atoms with Gasteiger partial charge in [0.1, 0.15) is 5.82 Å². The molecule has 26 heavy (non-hydrogen) atoms. The lowest BCUT2D eigenvalue weighted by molar-refractivity contribution is -0.125. The van der Waals surface area contributed by atoms with E-state index < -0.39 is 11.4 Å². The molecule has 0 saturated carbocycles. The fourth-order valence-electron chi connectivity index (χ4n) is 3.20. The third-order valence-corrected chi connectivity index (χ3v) is 4.57. The first-order valence-electron chi connectivity index (χ1n) is 8.31. The molecule has 1 aliphatic heterocycles. The molecule has 0 spiro atoms. The van der Waals surface area contributed by atoms with Gasteiger partial charge in [-0.2, -0.15) is 0 Å². The van der Waals surface area contributed by atoms with Crippen LogP contribution in [0, 0.1) is 5.82 Å². The SMILES string of the molecule is NC(=O)Nc1cccc(NC(=O)C2(c3ccc(F)cc3)CCOCC2)c1. The largest absolute Gasteiger partial charge is 0.381 e. The van der Waals surface area contributed by atoms with E-state index in [1.54, 1.807) is 36.4 Å². The molecule has 3 amide bonds. The Morgan fingerprint density at radius 2 is 1.62 bits per heavy atom. The molecule has 0 aliphatic carbocycles. The summed E-state index contributed by atoms with van der Waals surface area (Å²) in [6, 6.07) is 12.0. The molecule has 1 aliphatic rings. The first-order valence-corrected chi connectivity index (χ1v) is 8.31. The molecular weight excluding hydrogens is 337 g/mol. The molecular formula is C19H20FN3O3. The zero-order chi connectivity index (χ0) is 18.6. The van der Waals surface area contributed by atoms with Gasteiger partial charge in [-0.15, -0.1) is 0 Å². The van der Waals surface area contributed by atoms with Gasteiger partial charge in [-0.25, -0.2) is 9.18 Å². The maximum atomic E-state index is 13.3. The normalized spacial score (nSPS) is 15.9. The van der Waals surface area contributed by atoms with Gasteiger partial charge in [-0.3, -0.25) is 4.79 Å². The summed E-state index contributed by atoms with van der Waals surface area (Å²) in [7, 11) is 0. The van der Waals surface area contributed by atoms with Crippen molar-refractivity contribution in [2.75, 3.05) is 23.8 Å². The summed E-state index contributed by atoms with van der Waals surface area (Å²) in [5, 5.41) is 5.37. The van der Waals surface area contributed by atoms with Gasteiger partial charge < -0.3 is 21.1 Å². The van der Waals surface area contributed by atoms with Crippen LogP contribution in [0.15, 0.2) is 48.5 Å². The average molecular weight is 357 g/mol. The Bertz CT molecular complexity index is 802. The topological polar surface area (TPSA) is 93.5 Å². The van der Waals surface area contributed by atoms with Crippen molar-refractivity contribution in [2.24, 2.45) is 5.73 Å². The third kappa shape index (κ3) is 3.83. The molecule has 4 N–H and O–H groups in total. The second kappa shape index (κ2) is 7.53. The Balaban J connectivity index is 1.87. The smallest absolute Gasteiger partial charge is 0.316 e. The van der Waals surface area contributed by atoms with E-state index in [2.05, 4.69) is 10.6 Å². The lowest BCUT2D eigenvalue weighted by Gasteiger charge is -2.36. The van der Waals surface area contributed by atoms with Crippen molar-refractivity contribution in [3.63, 3.8) is 0 Å². The molecule has 0 aromatic heterocycles. The highest BCUT2D eigenvalue weighted by Crippen LogP contribution is 2.36. The van der Waals surface area contributed by atoms with E-state index in [1.807, 2.05) is 0 Å². The summed E-state index contributed by atoms with van der Waals surface area (Å²) in [5.74, 6) is -0.537. The number of primary amides is 1. The van der Waals surface area contributed by atoms with Crippen LogP contribution < -0.4 is 16.4 Å². The second-order valence-corrected chi connectivity index (χ2v) is 6.23. The van der Waals surface area contributed by atoms with E-state index in [0.29, 0.717) is 37.4 Å². The lowest BCUT2D eigenvalue weighted by Crippen LogP contribution is -2.44. The van der Waals surface area contributed by atoms with Gasteiger partial charge in [-0.05, 0) is 48.7 Å². The Hall–Kier alpha value is -2.93. The van der Waals surface area contributed by atoms with Gasteiger partial charge in [0.2, 0.25) is 5.91 Å². The van der Waals surface area contributed by atoms with E-state index >= 15 is 0 Å². The molecule has 3 rings (SSSR count). The van der Waals surface area contributed by atoms with Crippen molar-refractivity contribution < 1.29 is 18.7 Å². The molecule has 1 fully saturated rings. The molecule has 7 heteroatoms. The summed E-state index contributed by atoms with van der Waals surface area (Å²) in [6.45, 7) is 0.905. The number of urea groups is 1. The molecule has 6 nitrogen and oxygen atoms in total.